The van der Waals surface area contributed by atoms with E-state index in [4.69, 9.17) is 5.26 Å². The first kappa shape index (κ1) is 12.1. The Kier molecular flexibility index (Phi) is 5.23. The first-order valence-corrected chi connectivity index (χ1v) is 6.03. The van der Waals surface area contributed by atoms with Crippen LogP contribution in [0.4, 0.5) is 0 Å². The van der Waals surface area contributed by atoms with Gasteiger partial charge in [-0.2, -0.15) is 5.26 Å². The Morgan fingerprint density at radius 1 is 1.33 bits per heavy atom. The number of hydrogen-bond acceptors (Lipinski definition) is 3. The quantitative estimate of drug-likeness (QED) is 0.775. The van der Waals surface area contributed by atoms with Gasteiger partial charge in [-0.3, -0.25) is 0 Å². The predicted molar refractivity (Wildman–Crippen MR) is 64.8 cm³/mol. The number of hydrogen-bond donors (Lipinski definition) is 1. The average Bonchev–Trinajstić information content (AvgIpc) is 2.25. The van der Waals surface area contributed by atoms with Crippen LogP contribution in [0.25, 0.3) is 0 Å². The molecule has 0 aliphatic carbocycles. The van der Waals surface area contributed by atoms with Crippen LogP contribution in [0.1, 0.15) is 19.4 Å². The zero-order chi connectivity index (χ0) is 11.1. The molecule has 0 aliphatic heterocycles. The fraction of sp³-hybridized carbons (Fsp3) is 0.417. The molecular weight excluding hydrogens is 204 g/mol. The molecule has 3 heteroatoms. The van der Waals surface area contributed by atoms with Gasteiger partial charge in [0.25, 0.3) is 0 Å². The van der Waals surface area contributed by atoms with Crippen LogP contribution in [-0.2, 0) is 6.54 Å². The summed E-state index contributed by atoms with van der Waals surface area (Å²) in [5.74, 6) is 0.517. The van der Waals surface area contributed by atoms with Crippen LogP contribution in [0.15, 0.2) is 29.2 Å². The molecular formula is C12H16N2S. The van der Waals surface area contributed by atoms with Gasteiger partial charge < -0.3 is 5.32 Å². The minimum atomic E-state index is 0.512. The SMILES string of the molecule is CC(C)NCc1ccc(SCC#N)cc1. The van der Waals surface area contributed by atoms with Crippen LogP contribution < -0.4 is 5.32 Å². The Morgan fingerprint density at radius 2 is 2.00 bits per heavy atom. The summed E-state index contributed by atoms with van der Waals surface area (Å²) >= 11 is 1.57. The number of rotatable bonds is 5. The molecule has 1 N–H and O–H groups in total. The summed E-state index contributed by atoms with van der Waals surface area (Å²) in [4.78, 5) is 1.16. The highest BCUT2D eigenvalue weighted by molar-refractivity contribution is 7.99. The van der Waals surface area contributed by atoms with Gasteiger partial charge in [-0.25, -0.2) is 0 Å². The second kappa shape index (κ2) is 6.49. The number of nitrogens with one attached hydrogen (secondary N) is 1. The molecule has 0 atom stereocenters. The normalized spacial score (nSPS) is 10.3. The summed E-state index contributed by atoms with van der Waals surface area (Å²) in [6, 6.07) is 11.0. The van der Waals surface area contributed by atoms with E-state index in [0.29, 0.717) is 11.8 Å². The van der Waals surface area contributed by atoms with E-state index in [0.717, 1.165) is 11.4 Å². The lowest BCUT2D eigenvalue weighted by Gasteiger charge is -2.08. The summed E-state index contributed by atoms with van der Waals surface area (Å²) in [5, 5.41) is 11.8. The molecule has 1 aromatic rings. The van der Waals surface area contributed by atoms with Crippen molar-refractivity contribution in [3.8, 4) is 6.07 Å². The molecule has 15 heavy (non-hydrogen) atoms. The van der Waals surface area contributed by atoms with E-state index in [-0.39, 0.29) is 0 Å². The lowest BCUT2D eigenvalue weighted by Crippen LogP contribution is -2.21. The van der Waals surface area contributed by atoms with Gasteiger partial charge in [0, 0.05) is 17.5 Å². The van der Waals surface area contributed by atoms with Crippen molar-refractivity contribution in [2.75, 3.05) is 5.75 Å². The van der Waals surface area contributed by atoms with E-state index in [2.05, 4.69) is 49.5 Å². The third-order valence-corrected chi connectivity index (χ3v) is 2.82. The zero-order valence-electron chi connectivity index (χ0n) is 9.16. The Balaban J connectivity index is 2.46. The van der Waals surface area contributed by atoms with Gasteiger partial charge in [-0.1, -0.05) is 26.0 Å². The third-order valence-electron chi connectivity index (χ3n) is 1.94. The standard InChI is InChI=1S/C12H16N2S/c1-10(2)14-9-11-3-5-12(6-4-11)15-8-7-13/h3-6,10,14H,8-9H2,1-2H3. The topological polar surface area (TPSA) is 35.8 Å². The van der Waals surface area contributed by atoms with Gasteiger partial charge in [-0.05, 0) is 17.7 Å². The van der Waals surface area contributed by atoms with E-state index in [9.17, 15) is 0 Å². The Bertz CT molecular complexity index is 324. The Morgan fingerprint density at radius 3 is 2.53 bits per heavy atom. The van der Waals surface area contributed by atoms with Crippen molar-refractivity contribution in [2.24, 2.45) is 0 Å². The molecule has 0 spiro atoms. The second-order valence-electron chi connectivity index (χ2n) is 3.63. The summed E-state index contributed by atoms with van der Waals surface area (Å²) < 4.78 is 0. The van der Waals surface area contributed by atoms with Gasteiger partial charge in [0.15, 0.2) is 0 Å². The summed E-state index contributed by atoms with van der Waals surface area (Å²) in [5.41, 5.74) is 1.28. The van der Waals surface area contributed by atoms with E-state index >= 15 is 0 Å². The highest BCUT2D eigenvalue weighted by atomic mass is 32.2. The molecule has 0 heterocycles. The maximum atomic E-state index is 8.45. The van der Waals surface area contributed by atoms with Crippen molar-refractivity contribution >= 4 is 11.8 Å². The van der Waals surface area contributed by atoms with Crippen molar-refractivity contribution in [3.05, 3.63) is 29.8 Å². The molecule has 0 unspecified atom stereocenters. The van der Waals surface area contributed by atoms with Gasteiger partial charge in [0.1, 0.15) is 0 Å². The minimum Gasteiger partial charge on any atom is -0.310 e. The van der Waals surface area contributed by atoms with Gasteiger partial charge in [0.05, 0.1) is 11.8 Å². The molecule has 0 radical (unpaired) electrons. The van der Waals surface area contributed by atoms with E-state index in [1.54, 1.807) is 11.8 Å². The van der Waals surface area contributed by atoms with Crippen LogP contribution in [-0.4, -0.2) is 11.8 Å². The van der Waals surface area contributed by atoms with Crippen LogP contribution in [0.5, 0.6) is 0 Å². The minimum absolute atomic E-state index is 0.512. The van der Waals surface area contributed by atoms with Crippen molar-refractivity contribution in [2.45, 2.75) is 31.3 Å². The fourth-order valence-corrected chi connectivity index (χ4v) is 1.70. The zero-order valence-corrected chi connectivity index (χ0v) is 9.97. The number of nitrogens with zero attached hydrogens (tertiary/aromatic N) is 1. The smallest absolute Gasteiger partial charge is 0.0855 e. The molecule has 0 amide bonds. The van der Waals surface area contributed by atoms with Gasteiger partial charge in [-0.15, -0.1) is 11.8 Å². The molecule has 0 bridgehead atoms. The van der Waals surface area contributed by atoms with Crippen LogP contribution in [0.3, 0.4) is 0 Å². The molecule has 0 aromatic heterocycles. The van der Waals surface area contributed by atoms with Crippen molar-refractivity contribution in [1.82, 2.24) is 5.32 Å². The molecule has 2 nitrogen and oxygen atoms in total. The summed E-state index contributed by atoms with van der Waals surface area (Å²) in [6.07, 6.45) is 0. The molecule has 80 valence electrons. The van der Waals surface area contributed by atoms with Gasteiger partial charge in [0.2, 0.25) is 0 Å². The summed E-state index contributed by atoms with van der Waals surface area (Å²) in [6.45, 7) is 5.18. The van der Waals surface area contributed by atoms with Crippen LogP contribution in [0, 0.1) is 11.3 Å². The monoisotopic (exact) mass is 220 g/mol. The van der Waals surface area contributed by atoms with Gasteiger partial charge >= 0.3 is 0 Å². The molecule has 1 aromatic carbocycles. The average molecular weight is 220 g/mol. The molecule has 0 fully saturated rings. The molecule has 0 aliphatic rings. The number of nitriles is 1. The first-order chi connectivity index (χ1) is 7.22. The summed E-state index contributed by atoms with van der Waals surface area (Å²) in [7, 11) is 0. The lowest BCUT2D eigenvalue weighted by molar-refractivity contribution is 0.588. The molecule has 0 saturated carbocycles. The molecule has 1 rings (SSSR count). The van der Waals surface area contributed by atoms with Crippen LogP contribution in [0.2, 0.25) is 0 Å². The lowest BCUT2D eigenvalue weighted by atomic mass is 10.2. The highest BCUT2D eigenvalue weighted by Crippen LogP contribution is 2.17. The fourth-order valence-electron chi connectivity index (χ4n) is 1.14. The van der Waals surface area contributed by atoms with Crippen molar-refractivity contribution < 1.29 is 0 Å². The predicted octanol–water partition coefficient (Wildman–Crippen LogP) is 2.80. The van der Waals surface area contributed by atoms with E-state index in [1.165, 1.54) is 5.56 Å². The maximum Gasteiger partial charge on any atom is 0.0855 e. The Hall–Kier alpha value is -0.980. The van der Waals surface area contributed by atoms with E-state index < -0.39 is 0 Å². The third kappa shape index (κ3) is 4.87. The highest BCUT2D eigenvalue weighted by Gasteiger charge is 1.96. The first-order valence-electron chi connectivity index (χ1n) is 5.04. The molecule has 0 saturated heterocycles. The maximum absolute atomic E-state index is 8.45. The van der Waals surface area contributed by atoms with Crippen molar-refractivity contribution in [3.63, 3.8) is 0 Å². The number of benzene rings is 1. The second-order valence-corrected chi connectivity index (χ2v) is 4.68. The number of thioether (sulfide) groups is 1. The van der Waals surface area contributed by atoms with Crippen molar-refractivity contribution in [1.29, 1.82) is 5.26 Å². The Labute approximate surface area is 95.7 Å². The van der Waals surface area contributed by atoms with E-state index in [1.807, 2.05) is 0 Å². The largest absolute Gasteiger partial charge is 0.310 e. The van der Waals surface area contributed by atoms with Crippen LogP contribution >= 0.6 is 11.8 Å².